The van der Waals surface area contributed by atoms with Crippen LogP contribution in [0.15, 0.2) is 23.9 Å². The van der Waals surface area contributed by atoms with Crippen molar-refractivity contribution in [2.45, 2.75) is 114 Å². The molecule has 0 spiro atoms. The SMILES string of the molecule is C=CCC[C@@H](O[Si](C)(C)C(C)(C)C)[C@@H](C)C(=O)NC(C(=O)N[C@@H](C)C(=O)N1CCC[C@@H](C(=O)OCC(Cl)(Cl)Cl)N1)=C(C)C. The summed E-state index contributed by atoms with van der Waals surface area (Å²) < 4.78 is 9.89. The molecule has 14 heteroatoms. The van der Waals surface area contributed by atoms with Gasteiger partial charge < -0.3 is 19.8 Å². The summed E-state index contributed by atoms with van der Waals surface area (Å²) in [7, 11) is -2.19. The lowest BCUT2D eigenvalue weighted by atomic mass is 9.99. The Bertz CT molecular complexity index is 1050. The van der Waals surface area contributed by atoms with E-state index in [9.17, 15) is 19.2 Å². The highest BCUT2D eigenvalue weighted by Gasteiger charge is 2.41. The van der Waals surface area contributed by atoms with Gasteiger partial charge in [-0.05, 0) is 70.2 Å². The van der Waals surface area contributed by atoms with Crippen LogP contribution in [0.5, 0.6) is 0 Å². The molecule has 0 saturated carbocycles. The predicted molar refractivity (Wildman–Crippen MR) is 174 cm³/mol. The van der Waals surface area contributed by atoms with Crippen molar-refractivity contribution in [1.82, 2.24) is 21.1 Å². The van der Waals surface area contributed by atoms with E-state index in [-0.39, 0.29) is 22.7 Å². The molecule has 1 aliphatic heterocycles. The van der Waals surface area contributed by atoms with E-state index < -0.39 is 54.5 Å². The molecular weight excluding hydrogens is 635 g/mol. The topological polar surface area (TPSA) is 126 Å². The Morgan fingerprint density at radius 1 is 1.14 bits per heavy atom. The summed E-state index contributed by atoms with van der Waals surface area (Å²) in [6, 6.07) is -1.79. The van der Waals surface area contributed by atoms with E-state index in [4.69, 9.17) is 44.0 Å². The van der Waals surface area contributed by atoms with Gasteiger partial charge in [0.25, 0.3) is 11.8 Å². The van der Waals surface area contributed by atoms with E-state index in [1.54, 1.807) is 26.8 Å². The lowest BCUT2D eigenvalue weighted by Gasteiger charge is -2.40. The number of esters is 1. The van der Waals surface area contributed by atoms with Crippen molar-refractivity contribution in [2.24, 2.45) is 5.92 Å². The highest BCUT2D eigenvalue weighted by Crippen LogP contribution is 2.38. The highest BCUT2D eigenvalue weighted by molar-refractivity contribution is 6.74. The number of carbonyl (C=O) groups is 4. The van der Waals surface area contributed by atoms with Gasteiger partial charge in [-0.15, -0.1) is 6.58 Å². The van der Waals surface area contributed by atoms with Crippen LogP contribution in [0.4, 0.5) is 0 Å². The fourth-order valence-electron chi connectivity index (χ4n) is 4.00. The zero-order valence-electron chi connectivity index (χ0n) is 26.9. The van der Waals surface area contributed by atoms with Crippen molar-refractivity contribution < 1.29 is 28.3 Å². The number of nitrogens with zero attached hydrogens (tertiary/aromatic N) is 1. The van der Waals surface area contributed by atoms with Gasteiger partial charge in [0, 0.05) is 6.54 Å². The molecule has 0 aromatic carbocycles. The summed E-state index contributed by atoms with van der Waals surface area (Å²) in [6.07, 6.45) is 3.68. The Balaban J connectivity index is 2.93. The maximum absolute atomic E-state index is 13.4. The Labute approximate surface area is 272 Å². The lowest BCUT2D eigenvalue weighted by Crippen LogP contribution is -2.59. The van der Waals surface area contributed by atoms with Crippen molar-refractivity contribution in [3.63, 3.8) is 0 Å². The molecule has 246 valence electrons. The van der Waals surface area contributed by atoms with Gasteiger partial charge in [-0.3, -0.25) is 24.2 Å². The van der Waals surface area contributed by atoms with Crippen LogP contribution in [0.3, 0.4) is 0 Å². The van der Waals surface area contributed by atoms with Crippen molar-refractivity contribution in [1.29, 1.82) is 0 Å². The third-order valence-electron chi connectivity index (χ3n) is 7.69. The Kier molecular flexibility index (Phi) is 15.2. The second kappa shape index (κ2) is 16.6. The second-order valence-corrected chi connectivity index (χ2v) is 19.9. The minimum absolute atomic E-state index is 0.0444. The summed E-state index contributed by atoms with van der Waals surface area (Å²) in [5, 5.41) is 6.66. The van der Waals surface area contributed by atoms with Crippen LogP contribution in [0.25, 0.3) is 0 Å². The molecule has 0 aliphatic carbocycles. The first-order chi connectivity index (χ1) is 19.6. The first-order valence-corrected chi connectivity index (χ1v) is 18.5. The van der Waals surface area contributed by atoms with E-state index in [0.29, 0.717) is 37.8 Å². The summed E-state index contributed by atoms with van der Waals surface area (Å²) in [5.41, 5.74) is 3.46. The molecular formula is C29H49Cl3N4O6Si. The molecule has 1 heterocycles. The van der Waals surface area contributed by atoms with Crippen molar-refractivity contribution >= 4 is 66.8 Å². The van der Waals surface area contributed by atoms with E-state index in [0.717, 1.165) is 0 Å². The first kappa shape index (κ1) is 39.4. The van der Waals surface area contributed by atoms with Crippen LogP contribution in [0, 0.1) is 5.92 Å². The number of halogens is 3. The van der Waals surface area contributed by atoms with Crippen LogP contribution in [0.1, 0.15) is 74.1 Å². The van der Waals surface area contributed by atoms with Gasteiger partial charge in [0.1, 0.15) is 24.4 Å². The lowest BCUT2D eigenvalue weighted by molar-refractivity contribution is -0.152. The number of rotatable bonds is 13. The van der Waals surface area contributed by atoms with Crippen LogP contribution in [-0.2, 0) is 28.3 Å². The van der Waals surface area contributed by atoms with E-state index in [1.807, 2.05) is 0 Å². The number of ether oxygens (including phenoxy) is 1. The number of nitrogens with one attached hydrogen (secondary N) is 3. The number of alkyl halides is 3. The average molecular weight is 684 g/mol. The molecule has 10 nitrogen and oxygen atoms in total. The predicted octanol–water partition coefficient (Wildman–Crippen LogP) is 5.30. The normalized spacial score (nSPS) is 18.1. The second-order valence-electron chi connectivity index (χ2n) is 12.7. The minimum Gasteiger partial charge on any atom is -0.460 e. The molecule has 0 aromatic heterocycles. The molecule has 3 amide bonds. The maximum atomic E-state index is 13.4. The summed E-state index contributed by atoms with van der Waals surface area (Å²) in [5.74, 6) is -2.64. The van der Waals surface area contributed by atoms with Crippen LogP contribution in [0.2, 0.25) is 18.1 Å². The Hall–Kier alpha value is -1.63. The summed E-state index contributed by atoms with van der Waals surface area (Å²) in [6.45, 7) is 21.1. The molecule has 1 rings (SSSR count). The average Bonchev–Trinajstić information content (AvgIpc) is 2.90. The van der Waals surface area contributed by atoms with Gasteiger partial charge >= 0.3 is 5.97 Å². The van der Waals surface area contributed by atoms with Crippen LogP contribution >= 0.6 is 34.8 Å². The number of amides is 3. The molecule has 0 unspecified atom stereocenters. The van der Waals surface area contributed by atoms with Crippen molar-refractivity contribution in [3.05, 3.63) is 23.9 Å². The molecule has 4 atom stereocenters. The number of hydrazine groups is 1. The standard InChI is InChI=1S/C29H49Cl3N4O6Si/c1-11-12-15-22(42-43(9,10)28(6,7)8)19(4)24(37)34-23(18(2)3)25(38)33-20(5)26(39)36-16-13-14-21(35-36)27(40)41-17-29(30,31)32/h11,19-22,35H,1,12-17H2,2-10H3,(H,33,38)(H,34,37)/t19-,20+,21+,22-/m1/s1. The highest BCUT2D eigenvalue weighted by atomic mass is 35.6. The molecule has 0 bridgehead atoms. The number of carbonyl (C=O) groups excluding carboxylic acids is 4. The van der Waals surface area contributed by atoms with Crippen molar-refractivity contribution in [2.75, 3.05) is 13.2 Å². The molecule has 0 radical (unpaired) electrons. The molecule has 1 aliphatic rings. The maximum Gasteiger partial charge on any atom is 0.325 e. The van der Waals surface area contributed by atoms with Crippen molar-refractivity contribution in [3.8, 4) is 0 Å². The minimum atomic E-state index is -2.19. The fourth-order valence-corrected chi connectivity index (χ4v) is 5.59. The van der Waals surface area contributed by atoms with E-state index >= 15 is 0 Å². The van der Waals surface area contributed by atoms with Gasteiger partial charge in [0.15, 0.2) is 8.32 Å². The van der Waals surface area contributed by atoms with Crippen LogP contribution in [-0.4, -0.2) is 72.1 Å². The Morgan fingerprint density at radius 3 is 2.26 bits per heavy atom. The molecule has 3 N–H and O–H groups in total. The van der Waals surface area contributed by atoms with E-state index in [2.05, 4.69) is 56.5 Å². The third-order valence-corrected chi connectivity index (χ3v) is 12.5. The number of hydrogen-bond donors (Lipinski definition) is 3. The van der Waals surface area contributed by atoms with Gasteiger partial charge in [-0.2, -0.15) is 0 Å². The molecule has 1 saturated heterocycles. The first-order valence-electron chi connectivity index (χ1n) is 14.5. The van der Waals surface area contributed by atoms with Crippen LogP contribution < -0.4 is 16.1 Å². The number of hydrogen-bond acceptors (Lipinski definition) is 7. The molecule has 43 heavy (non-hydrogen) atoms. The fraction of sp³-hybridized carbons (Fsp3) is 0.724. The largest absolute Gasteiger partial charge is 0.460 e. The number of allylic oxidation sites excluding steroid dienone is 2. The smallest absolute Gasteiger partial charge is 0.325 e. The third kappa shape index (κ3) is 12.7. The van der Waals surface area contributed by atoms with Gasteiger partial charge in [0.2, 0.25) is 9.70 Å². The zero-order valence-corrected chi connectivity index (χ0v) is 30.1. The monoisotopic (exact) mass is 682 g/mol. The van der Waals surface area contributed by atoms with Gasteiger partial charge in [-0.1, -0.05) is 68.6 Å². The molecule has 1 fully saturated rings. The zero-order chi connectivity index (χ0) is 33.3. The molecule has 0 aromatic rings. The summed E-state index contributed by atoms with van der Waals surface area (Å²) in [4.78, 5) is 52.2. The Morgan fingerprint density at radius 2 is 1.74 bits per heavy atom. The van der Waals surface area contributed by atoms with Gasteiger partial charge in [-0.25, -0.2) is 5.43 Å². The summed E-state index contributed by atoms with van der Waals surface area (Å²) >= 11 is 16.9. The van der Waals surface area contributed by atoms with Gasteiger partial charge in [0.05, 0.1) is 12.0 Å². The van der Waals surface area contributed by atoms with E-state index in [1.165, 1.54) is 11.9 Å². The quantitative estimate of drug-likeness (QED) is 0.0791.